The molecule has 0 unspecified atom stereocenters. The molecule has 0 fully saturated rings. The zero-order valence-corrected chi connectivity index (χ0v) is 5.36. The summed E-state index contributed by atoms with van der Waals surface area (Å²) >= 11 is 0. The van der Waals surface area contributed by atoms with E-state index >= 15 is 0 Å². The number of hydrogen-bond acceptors (Lipinski definition) is 2. The Kier molecular flexibility index (Phi) is 1.46. The van der Waals surface area contributed by atoms with Gasteiger partial charge in [-0.3, -0.25) is 0 Å². The highest BCUT2D eigenvalue weighted by atomic mass is 28.3. The van der Waals surface area contributed by atoms with Crippen LogP contribution in [0.25, 0.3) is 0 Å². The predicted octanol–water partition coefficient (Wildman–Crippen LogP) is 1.59. The van der Waals surface area contributed by atoms with E-state index in [9.17, 15) is 4.91 Å². The maximum absolute atomic E-state index is 9.64. The van der Waals surface area contributed by atoms with Crippen molar-refractivity contribution < 1.29 is 0 Å². The molecule has 0 amide bonds. The lowest BCUT2D eigenvalue weighted by Crippen LogP contribution is -2.13. The molecule has 0 aromatic heterocycles. The highest BCUT2D eigenvalue weighted by Gasteiger charge is 2.12. The number of nitroso groups, excluding NO2 is 1. The zero-order chi connectivity index (χ0) is 5.21. The van der Waals surface area contributed by atoms with Gasteiger partial charge in [0.1, 0.15) is 0 Å². The Balaban J connectivity index is 3.45. The Labute approximate surface area is 38.6 Å². The second kappa shape index (κ2) is 1.51. The quantitative estimate of drug-likeness (QED) is 0.366. The summed E-state index contributed by atoms with van der Waals surface area (Å²) in [5, 5.41) is 0. The first-order valence-electron chi connectivity index (χ1n) is 1.91. The zero-order valence-electron chi connectivity index (χ0n) is 4.36. The van der Waals surface area contributed by atoms with Crippen molar-refractivity contribution in [1.29, 1.82) is 0 Å². The molecule has 0 N–H and O–H groups in total. The molecule has 0 aliphatic carbocycles. The molecule has 0 radical (unpaired) electrons. The third-order valence-corrected chi connectivity index (χ3v) is 0.822. The minimum Gasteiger partial charge on any atom is -0.163 e. The van der Waals surface area contributed by atoms with Crippen LogP contribution in [0.3, 0.4) is 0 Å². The maximum Gasteiger partial charge on any atom is 0.228 e. The minimum atomic E-state index is -1.56. The van der Waals surface area contributed by atoms with Gasteiger partial charge in [-0.1, -0.05) is 0 Å². The molecule has 0 saturated carbocycles. The number of hydrogen-bond donors (Lipinski definition) is 0. The monoisotopic (exact) mass is 103 g/mol. The molecule has 0 saturated heterocycles. The molecular weight excluding hydrogens is 94.1 g/mol. The minimum absolute atomic E-state index is 1.56. The summed E-state index contributed by atoms with van der Waals surface area (Å²) < 4.78 is 0. The number of nitrogens with zero attached hydrogens (tertiary/aromatic N) is 1. The molecule has 0 rings (SSSR count). The molecule has 3 heteroatoms. The Hall–Kier alpha value is -0.183. The second-order valence-corrected chi connectivity index (χ2v) is 6.79. The van der Waals surface area contributed by atoms with E-state index in [-0.39, 0.29) is 0 Å². The van der Waals surface area contributed by atoms with E-state index in [0.717, 1.165) is 0 Å². The predicted molar refractivity (Wildman–Crippen MR) is 29.1 cm³/mol. The summed E-state index contributed by atoms with van der Waals surface area (Å²) in [4.78, 5) is 12.5. The van der Waals surface area contributed by atoms with Gasteiger partial charge in [-0.25, -0.2) is 0 Å². The van der Waals surface area contributed by atoms with Crippen LogP contribution in [-0.4, -0.2) is 8.24 Å². The van der Waals surface area contributed by atoms with Gasteiger partial charge in [0, 0.05) is 0 Å². The van der Waals surface area contributed by atoms with Crippen molar-refractivity contribution in [1.82, 2.24) is 0 Å². The first-order valence-corrected chi connectivity index (χ1v) is 5.35. The average Bonchev–Trinajstić information content (AvgIpc) is 1.35. The Morgan fingerprint density at radius 3 is 1.50 bits per heavy atom. The molecule has 6 heavy (non-hydrogen) atoms. The third kappa shape index (κ3) is 3.82. The summed E-state index contributed by atoms with van der Waals surface area (Å²) in [5.41, 5.74) is 0. The van der Waals surface area contributed by atoms with E-state index in [1.807, 2.05) is 19.6 Å². The maximum atomic E-state index is 9.64. The average molecular weight is 103 g/mol. The highest BCUT2D eigenvalue weighted by molar-refractivity contribution is 6.74. The van der Waals surface area contributed by atoms with Crippen molar-refractivity contribution in [3.8, 4) is 0 Å². The normalized spacial score (nSPS) is 11.2. The van der Waals surface area contributed by atoms with Crippen LogP contribution in [0.15, 0.2) is 4.84 Å². The van der Waals surface area contributed by atoms with Crippen molar-refractivity contribution in [3.63, 3.8) is 0 Å². The summed E-state index contributed by atoms with van der Waals surface area (Å²) in [7, 11) is -1.56. The summed E-state index contributed by atoms with van der Waals surface area (Å²) in [6, 6.07) is 0. The van der Waals surface area contributed by atoms with Gasteiger partial charge in [-0.15, -0.1) is 4.84 Å². The van der Waals surface area contributed by atoms with Gasteiger partial charge in [-0.2, -0.15) is 4.91 Å². The van der Waals surface area contributed by atoms with Crippen molar-refractivity contribution in [2.75, 3.05) is 0 Å². The third-order valence-electron chi connectivity index (χ3n) is 0.274. The largest absolute Gasteiger partial charge is 0.228 e. The molecule has 2 nitrogen and oxygen atoms in total. The van der Waals surface area contributed by atoms with Gasteiger partial charge >= 0.3 is 0 Å². The van der Waals surface area contributed by atoms with E-state index in [1.165, 1.54) is 0 Å². The lowest BCUT2D eigenvalue weighted by molar-refractivity contribution is 1.54. The standard InChI is InChI=1S/C3H9NOSi/c1-6(2,3)4-5/h1-3H3. The van der Waals surface area contributed by atoms with Gasteiger partial charge in [-0.05, 0) is 19.6 Å². The van der Waals surface area contributed by atoms with Crippen LogP contribution in [0.5, 0.6) is 0 Å². The molecule has 0 aromatic rings. The summed E-state index contributed by atoms with van der Waals surface area (Å²) in [6.45, 7) is 5.71. The molecule has 0 atom stereocenters. The fourth-order valence-electron chi connectivity index (χ4n) is 0. The SMILES string of the molecule is C[Si](C)(C)N=O. The Morgan fingerprint density at radius 1 is 1.33 bits per heavy atom. The molecule has 0 heterocycles. The molecule has 0 aliphatic rings. The van der Waals surface area contributed by atoms with E-state index < -0.39 is 8.24 Å². The van der Waals surface area contributed by atoms with Crippen LogP contribution in [0.2, 0.25) is 19.6 Å². The van der Waals surface area contributed by atoms with Crippen molar-refractivity contribution in [3.05, 3.63) is 4.91 Å². The molecule has 0 aliphatic heterocycles. The first-order chi connectivity index (χ1) is 2.56. The second-order valence-electron chi connectivity index (χ2n) is 2.26. The topological polar surface area (TPSA) is 29.4 Å². The van der Waals surface area contributed by atoms with Crippen molar-refractivity contribution in [2.45, 2.75) is 19.6 Å². The Bertz CT molecular complexity index is 56.3. The van der Waals surface area contributed by atoms with Crippen LogP contribution >= 0.6 is 0 Å². The van der Waals surface area contributed by atoms with Crippen LogP contribution in [0.4, 0.5) is 0 Å². The van der Waals surface area contributed by atoms with E-state index in [0.29, 0.717) is 0 Å². The fraction of sp³-hybridized carbons (Fsp3) is 1.00. The van der Waals surface area contributed by atoms with Gasteiger partial charge in [0.25, 0.3) is 0 Å². The van der Waals surface area contributed by atoms with Gasteiger partial charge in [0.15, 0.2) is 0 Å². The molecule has 36 valence electrons. The van der Waals surface area contributed by atoms with Crippen molar-refractivity contribution in [2.24, 2.45) is 4.84 Å². The van der Waals surface area contributed by atoms with E-state index in [4.69, 9.17) is 0 Å². The van der Waals surface area contributed by atoms with Crippen LogP contribution < -0.4 is 0 Å². The molecule has 0 aromatic carbocycles. The van der Waals surface area contributed by atoms with Crippen LogP contribution in [-0.2, 0) is 0 Å². The van der Waals surface area contributed by atoms with Crippen LogP contribution in [0.1, 0.15) is 0 Å². The first kappa shape index (κ1) is 5.82. The van der Waals surface area contributed by atoms with Gasteiger partial charge in [0.05, 0.1) is 0 Å². The van der Waals surface area contributed by atoms with Crippen molar-refractivity contribution >= 4 is 8.24 Å². The molecular formula is C3H9NOSi. The molecule has 0 spiro atoms. The molecule has 0 bridgehead atoms. The summed E-state index contributed by atoms with van der Waals surface area (Å²) in [6.07, 6.45) is 0. The highest BCUT2D eigenvalue weighted by Crippen LogP contribution is 1.98. The van der Waals surface area contributed by atoms with Crippen LogP contribution in [0, 0.1) is 4.91 Å². The lowest BCUT2D eigenvalue weighted by Gasteiger charge is -1.97. The van der Waals surface area contributed by atoms with E-state index in [2.05, 4.69) is 4.84 Å². The fourth-order valence-corrected chi connectivity index (χ4v) is 0. The Morgan fingerprint density at radius 2 is 1.50 bits per heavy atom. The van der Waals surface area contributed by atoms with E-state index in [1.54, 1.807) is 0 Å². The van der Waals surface area contributed by atoms with Gasteiger partial charge < -0.3 is 0 Å². The van der Waals surface area contributed by atoms with Gasteiger partial charge in [0.2, 0.25) is 8.24 Å². The lowest BCUT2D eigenvalue weighted by atomic mass is 11.8. The number of rotatable bonds is 1. The smallest absolute Gasteiger partial charge is 0.163 e. The summed E-state index contributed by atoms with van der Waals surface area (Å²) in [5.74, 6) is 0.